The molecule has 2 aromatic carbocycles. The van der Waals surface area contributed by atoms with E-state index in [2.05, 4.69) is 17.4 Å². The second kappa shape index (κ2) is 8.61. The lowest BCUT2D eigenvalue weighted by Crippen LogP contribution is -2.38. The maximum atomic E-state index is 13.0. The zero-order chi connectivity index (χ0) is 20.1. The molecule has 5 nitrogen and oxygen atoms in total. The minimum Gasteiger partial charge on any atom is -0.379 e. The van der Waals surface area contributed by atoms with Crippen molar-refractivity contribution in [3.05, 3.63) is 77.5 Å². The average Bonchev–Trinajstić information content (AvgIpc) is 2.88. The fraction of sp³-hybridized carbons (Fsp3) is 0.318. The van der Waals surface area contributed by atoms with Crippen molar-refractivity contribution in [2.75, 3.05) is 6.54 Å². The zero-order valence-electron chi connectivity index (χ0n) is 16.3. The molecule has 3 rings (SSSR count). The standard InChI is InChI=1S/C22H26N2O3S/c1-17(2)24-22(25)20(21(28(24,26)27)19-14-7-4-8-15-19)23-16-10-9-13-18-11-5-3-6-12-18/h3-8,11-12,14-15,17,23H,9-10,13,16H2,1-2H3. The van der Waals surface area contributed by atoms with Crippen molar-refractivity contribution in [3.8, 4) is 0 Å². The first-order valence-corrected chi connectivity index (χ1v) is 11.0. The van der Waals surface area contributed by atoms with Crippen molar-refractivity contribution < 1.29 is 13.2 Å². The van der Waals surface area contributed by atoms with E-state index in [0.29, 0.717) is 12.1 Å². The van der Waals surface area contributed by atoms with Crippen LogP contribution in [0.25, 0.3) is 4.91 Å². The summed E-state index contributed by atoms with van der Waals surface area (Å²) < 4.78 is 27.0. The van der Waals surface area contributed by atoms with Crippen molar-refractivity contribution in [2.45, 2.75) is 39.2 Å². The SMILES string of the molecule is CC(C)N1C(=O)C(NCCCCc2ccccc2)=C(c2ccccc2)S1(=O)=O. The third-order valence-electron chi connectivity index (χ3n) is 4.70. The van der Waals surface area contributed by atoms with Crippen LogP contribution in [-0.4, -0.2) is 31.2 Å². The summed E-state index contributed by atoms with van der Waals surface area (Å²) in [5, 5.41) is 3.12. The van der Waals surface area contributed by atoms with E-state index in [9.17, 15) is 13.2 Å². The molecule has 1 aliphatic heterocycles. The maximum Gasteiger partial charge on any atom is 0.285 e. The third kappa shape index (κ3) is 4.12. The first-order chi connectivity index (χ1) is 13.4. The van der Waals surface area contributed by atoms with E-state index in [1.54, 1.807) is 38.1 Å². The second-order valence-electron chi connectivity index (χ2n) is 7.14. The summed E-state index contributed by atoms with van der Waals surface area (Å²) in [5.74, 6) is -0.475. The number of sulfonamides is 1. The van der Waals surface area contributed by atoms with Crippen LogP contribution < -0.4 is 5.32 Å². The number of nitrogens with one attached hydrogen (secondary N) is 1. The average molecular weight is 399 g/mol. The van der Waals surface area contributed by atoms with E-state index in [0.717, 1.165) is 23.6 Å². The number of carbonyl (C=O) groups excluding carboxylic acids is 1. The Morgan fingerprint density at radius 3 is 2.14 bits per heavy atom. The van der Waals surface area contributed by atoms with E-state index < -0.39 is 22.0 Å². The molecule has 0 saturated heterocycles. The number of aryl methyl sites for hydroxylation is 1. The molecule has 1 aliphatic rings. The van der Waals surface area contributed by atoms with Gasteiger partial charge in [0, 0.05) is 12.6 Å². The number of unbranched alkanes of at least 4 members (excludes halogenated alkanes) is 1. The Labute approximate surface area is 167 Å². The number of hydrogen-bond acceptors (Lipinski definition) is 4. The normalized spacial score (nSPS) is 16.1. The van der Waals surface area contributed by atoms with Crippen molar-refractivity contribution in [2.24, 2.45) is 0 Å². The Balaban J connectivity index is 1.76. The van der Waals surface area contributed by atoms with Gasteiger partial charge in [0.15, 0.2) is 0 Å². The fourth-order valence-corrected chi connectivity index (χ4v) is 5.32. The van der Waals surface area contributed by atoms with Gasteiger partial charge in [-0.15, -0.1) is 0 Å². The molecule has 148 valence electrons. The lowest BCUT2D eigenvalue weighted by molar-refractivity contribution is -0.123. The largest absolute Gasteiger partial charge is 0.379 e. The number of amides is 1. The second-order valence-corrected chi connectivity index (χ2v) is 8.89. The highest BCUT2D eigenvalue weighted by Gasteiger charge is 2.45. The Kier molecular flexibility index (Phi) is 6.19. The molecule has 0 atom stereocenters. The highest BCUT2D eigenvalue weighted by atomic mass is 32.2. The number of carbonyl (C=O) groups is 1. The molecule has 0 aromatic heterocycles. The van der Waals surface area contributed by atoms with Crippen LogP contribution >= 0.6 is 0 Å². The number of hydrogen-bond donors (Lipinski definition) is 1. The Hall–Kier alpha value is -2.60. The smallest absolute Gasteiger partial charge is 0.285 e. The molecule has 0 saturated carbocycles. The molecule has 1 amide bonds. The van der Waals surface area contributed by atoms with Crippen molar-refractivity contribution in [1.29, 1.82) is 0 Å². The molecule has 0 fully saturated rings. The van der Waals surface area contributed by atoms with Crippen LogP contribution in [-0.2, 0) is 21.2 Å². The molecule has 0 radical (unpaired) electrons. The summed E-state index contributed by atoms with van der Waals surface area (Å²) in [6.07, 6.45) is 2.76. The highest BCUT2D eigenvalue weighted by Crippen LogP contribution is 2.35. The van der Waals surface area contributed by atoms with Crippen molar-refractivity contribution in [1.82, 2.24) is 9.62 Å². The summed E-state index contributed by atoms with van der Waals surface area (Å²) in [6.45, 7) is 3.97. The monoisotopic (exact) mass is 398 g/mol. The Morgan fingerprint density at radius 1 is 0.929 bits per heavy atom. The van der Waals surface area contributed by atoms with Crippen LogP contribution in [0.5, 0.6) is 0 Å². The molecule has 28 heavy (non-hydrogen) atoms. The van der Waals surface area contributed by atoms with Crippen LogP contribution in [0.15, 0.2) is 66.4 Å². The summed E-state index contributed by atoms with van der Waals surface area (Å²) in [5.41, 5.74) is 1.99. The van der Waals surface area contributed by atoms with Gasteiger partial charge in [0.1, 0.15) is 10.6 Å². The van der Waals surface area contributed by atoms with Crippen LogP contribution in [0.3, 0.4) is 0 Å². The van der Waals surface area contributed by atoms with Gasteiger partial charge in [-0.25, -0.2) is 12.7 Å². The lowest BCUT2D eigenvalue weighted by Gasteiger charge is -2.20. The Morgan fingerprint density at radius 2 is 1.54 bits per heavy atom. The van der Waals surface area contributed by atoms with Crippen molar-refractivity contribution in [3.63, 3.8) is 0 Å². The molecular formula is C22H26N2O3S. The molecule has 0 spiro atoms. The molecule has 0 unspecified atom stereocenters. The van der Waals surface area contributed by atoms with Gasteiger partial charge in [-0.3, -0.25) is 4.79 Å². The summed E-state index contributed by atoms with van der Waals surface area (Å²) in [4.78, 5) is 12.9. The fourth-order valence-electron chi connectivity index (χ4n) is 3.41. The van der Waals surface area contributed by atoms with E-state index in [1.807, 2.05) is 24.3 Å². The Bertz CT molecular complexity index is 952. The number of nitrogens with zero attached hydrogens (tertiary/aromatic N) is 1. The molecule has 1 N–H and O–H groups in total. The van der Waals surface area contributed by atoms with E-state index in [4.69, 9.17) is 0 Å². The maximum absolute atomic E-state index is 13.0. The molecule has 6 heteroatoms. The molecule has 1 heterocycles. The van der Waals surface area contributed by atoms with Gasteiger partial charge < -0.3 is 5.32 Å². The highest BCUT2D eigenvalue weighted by molar-refractivity contribution is 7.99. The van der Waals surface area contributed by atoms with Gasteiger partial charge in [-0.1, -0.05) is 60.7 Å². The van der Waals surface area contributed by atoms with E-state index >= 15 is 0 Å². The third-order valence-corrected chi connectivity index (χ3v) is 6.76. The van der Waals surface area contributed by atoms with Gasteiger partial charge >= 0.3 is 0 Å². The minimum atomic E-state index is -3.86. The quantitative estimate of drug-likeness (QED) is 0.691. The molecule has 0 bridgehead atoms. The predicted molar refractivity (Wildman–Crippen MR) is 112 cm³/mol. The molecule has 2 aromatic rings. The molecular weight excluding hydrogens is 372 g/mol. The lowest BCUT2D eigenvalue weighted by atomic mass is 10.1. The zero-order valence-corrected chi connectivity index (χ0v) is 17.1. The van der Waals surface area contributed by atoms with Crippen LogP contribution in [0.4, 0.5) is 0 Å². The first-order valence-electron chi connectivity index (χ1n) is 9.59. The van der Waals surface area contributed by atoms with E-state index in [1.165, 1.54) is 5.56 Å². The van der Waals surface area contributed by atoms with Crippen LogP contribution in [0.2, 0.25) is 0 Å². The topological polar surface area (TPSA) is 66.5 Å². The van der Waals surface area contributed by atoms with Gasteiger partial charge in [0.25, 0.3) is 15.9 Å². The van der Waals surface area contributed by atoms with Gasteiger partial charge in [-0.05, 0) is 44.2 Å². The van der Waals surface area contributed by atoms with Crippen molar-refractivity contribution >= 4 is 20.8 Å². The summed E-state index contributed by atoms with van der Waals surface area (Å²) >= 11 is 0. The summed E-state index contributed by atoms with van der Waals surface area (Å²) in [6, 6.07) is 18.6. The number of rotatable bonds is 8. The van der Waals surface area contributed by atoms with E-state index in [-0.39, 0.29) is 10.6 Å². The predicted octanol–water partition coefficient (Wildman–Crippen LogP) is 3.55. The van der Waals surface area contributed by atoms with Crippen LogP contribution in [0.1, 0.15) is 37.8 Å². The first kappa shape index (κ1) is 20.1. The van der Waals surface area contributed by atoms with Gasteiger partial charge in [0.2, 0.25) is 0 Å². The van der Waals surface area contributed by atoms with Gasteiger partial charge in [-0.2, -0.15) is 0 Å². The van der Waals surface area contributed by atoms with Gasteiger partial charge in [0.05, 0.1) is 0 Å². The summed E-state index contributed by atoms with van der Waals surface area (Å²) in [7, 11) is -3.86. The number of benzene rings is 2. The minimum absolute atomic E-state index is 0.0786. The van der Waals surface area contributed by atoms with Crippen LogP contribution in [0, 0.1) is 0 Å². The molecule has 0 aliphatic carbocycles.